The molecular formula is C17H17N3O2. The molecule has 0 fully saturated rings. The number of carbonyl (C=O) groups excluding carboxylic acids is 1. The standard InChI is InChI=1S/C17H17N3O2/c1-12-7-9-20(17(22)10-12)11-16(21)19-15-6-2-5-14-13(15)4-3-8-18-14/h2-7,9-10,18H,8,11H2,1H3,(H,19,21). The lowest BCUT2D eigenvalue weighted by Crippen LogP contribution is -2.27. The van der Waals surface area contributed by atoms with Crippen LogP contribution in [0.15, 0.2) is 47.4 Å². The zero-order valence-corrected chi connectivity index (χ0v) is 12.3. The van der Waals surface area contributed by atoms with Crippen LogP contribution in [-0.2, 0) is 11.3 Å². The minimum absolute atomic E-state index is 0.0000756. The number of aromatic nitrogens is 1. The molecule has 0 spiro atoms. The number of anilines is 2. The molecule has 0 unspecified atom stereocenters. The molecule has 0 bridgehead atoms. The summed E-state index contributed by atoms with van der Waals surface area (Å²) in [5, 5.41) is 6.12. The van der Waals surface area contributed by atoms with Crippen LogP contribution in [0, 0.1) is 6.92 Å². The Morgan fingerprint density at radius 2 is 2.23 bits per heavy atom. The molecule has 22 heavy (non-hydrogen) atoms. The molecule has 0 atom stereocenters. The SMILES string of the molecule is Cc1ccn(CC(=O)Nc2cccc3c2C=CCN3)c(=O)c1. The van der Waals surface area contributed by atoms with E-state index in [1.165, 1.54) is 10.6 Å². The summed E-state index contributed by atoms with van der Waals surface area (Å²) in [7, 11) is 0. The summed E-state index contributed by atoms with van der Waals surface area (Å²) in [5.74, 6) is -0.224. The van der Waals surface area contributed by atoms with Crippen LogP contribution in [0.3, 0.4) is 0 Å². The molecule has 1 aromatic heterocycles. The van der Waals surface area contributed by atoms with Crippen molar-refractivity contribution in [2.45, 2.75) is 13.5 Å². The topological polar surface area (TPSA) is 63.1 Å². The maximum Gasteiger partial charge on any atom is 0.251 e. The lowest BCUT2D eigenvalue weighted by atomic mass is 10.1. The predicted molar refractivity (Wildman–Crippen MR) is 88.0 cm³/mol. The zero-order chi connectivity index (χ0) is 15.5. The molecule has 2 heterocycles. The van der Waals surface area contributed by atoms with E-state index >= 15 is 0 Å². The zero-order valence-electron chi connectivity index (χ0n) is 12.3. The number of nitrogens with one attached hydrogen (secondary N) is 2. The smallest absolute Gasteiger partial charge is 0.251 e. The molecule has 0 saturated carbocycles. The third-order valence-corrected chi connectivity index (χ3v) is 3.54. The van der Waals surface area contributed by atoms with Gasteiger partial charge in [-0.2, -0.15) is 0 Å². The Labute approximate surface area is 128 Å². The first-order valence-corrected chi connectivity index (χ1v) is 7.14. The first-order valence-electron chi connectivity index (χ1n) is 7.14. The largest absolute Gasteiger partial charge is 0.381 e. The van der Waals surface area contributed by atoms with Crippen LogP contribution in [0.5, 0.6) is 0 Å². The second-order valence-corrected chi connectivity index (χ2v) is 5.27. The lowest BCUT2D eigenvalue weighted by molar-refractivity contribution is -0.116. The summed E-state index contributed by atoms with van der Waals surface area (Å²) < 4.78 is 1.39. The minimum atomic E-state index is -0.224. The molecule has 1 aromatic carbocycles. The van der Waals surface area contributed by atoms with E-state index in [1.807, 2.05) is 43.3 Å². The van der Waals surface area contributed by atoms with E-state index in [0.717, 1.165) is 29.0 Å². The molecule has 2 aromatic rings. The third-order valence-electron chi connectivity index (χ3n) is 3.54. The molecular weight excluding hydrogens is 278 g/mol. The molecule has 3 rings (SSSR count). The van der Waals surface area contributed by atoms with E-state index in [9.17, 15) is 9.59 Å². The maximum atomic E-state index is 12.2. The number of fused-ring (bicyclic) bond motifs is 1. The first kappa shape index (κ1) is 14.1. The fraction of sp³-hybridized carbons (Fsp3) is 0.176. The number of rotatable bonds is 3. The molecule has 112 valence electrons. The number of benzene rings is 1. The van der Waals surface area contributed by atoms with Gasteiger partial charge in [0.1, 0.15) is 6.54 Å². The van der Waals surface area contributed by atoms with E-state index in [0.29, 0.717) is 0 Å². The Bertz CT molecular complexity index is 806. The highest BCUT2D eigenvalue weighted by Crippen LogP contribution is 2.28. The van der Waals surface area contributed by atoms with Crippen molar-refractivity contribution in [3.63, 3.8) is 0 Å². The first-order chi connectivity index (χ1) is 10.6. The van der Waals surface area contributed by atoms with Crippen LogP contribution >= 0.6 is 0 Å². The molecule has 5 nitrogen and oxygen atoms in total. The Balaban J connectivity index is 1.78. The maximum absolute atomic E-state index is 12.2. The van der Waals surface area contributed by atoms with Crippen molar-refractivity contribution in [3.05, 3.63) is 64.1 Å². The summed E-state index contributed by atoms with van der Waals surface area (Å²) in [4.78, 5) is 24.0. The van der Waals surface area contributed by atoms with Crippen molar-refractivity contribution in [2.24, 2.45) is 0 Å². The Morgan fingerprint density at radius 3 is 3.05 bits per heavy atom. The van der Waals surface area contributed by atoms with Crippen LogP contribution in [-0.4, -0.2) is 17.0 Å². The third kappa shape index (κ3) is 2.93. The van der Waals surface area contributed by atoms with Gasteiger partial charge in [0.15, 0.2) is 0 Å². The van der Waals surface area contributed by atoms with Crippen molar-refractivity contribution < 1.29 is 4.79 Å². The summed E-state index contributed by atoms with van der Waals surface area (Å²) >= 11 is 0. The van der Waals surface area contributed by atoms with Gasteiger partial charge in [0.05, 0.1) is 5.69 Å². The van der Waals surface area contributed by atoms with Crippen LogP contribution in [0.2, 0.25) is 0 Å². The summed E-state index contributed by atoms with van der Waals surface area (Å²) in [6.45, 7) is 2.63. The van der Waals surface area contributed by atoms with Gasteiger partial charge in [-0.3, -0.25) is 9.59 Å². The van der Waals surface area contributed by atoms with Crippen LogP contribution in [0.4, 0.5) is 11.4 Å². The molecule has 2 N–H and O–H groups in total. The fourth-order valence-electron chi connectivity index (χ4n) is 2.44. The van der Waals surface area contributed by atoms with E-state index < -0.39 is 0 Å². The molecule has 1 aliphatic rings. The predicted octanol–water partition coefficient (Wildman–Crippen LogP) is 2.23. The van der Waals surface area contributed by atoms with Gasteiger partial charge in [-0.15, -0.1) is 0 Å². The number of carbonyl (C=O) groups is 1. The Hall–Kier alpha value is -2.82. The van der Waals surface area contributed by atoms with Crippen LogP contribution < -0.4 is 16.2 Å². The number of nitrogens with zero attached hydrogens (tertiary/aromatic N) is 1. The Kier molecular flexibility index (Phi) is 3.78. The Morgan fingerprint density at radius 1 is 1.36 bits per heavy atom. The van der Waals surface area contributed by atoms with Gasteiger partial charge in [-0.05, 0) is 30.7 Å². The van der Waals surface area contributed by atoms with Crippen molar-refractivity contribution in [1.29, 1.82) is 0 Å². The highest BCUT2D eigenvalue weighted by molar-refractivity contribution is 5.95. The quantitative estimate of drug-likeness (QED) is 0.912. The van der Waals surface area contributed by atoms with Crippen molar-refractivity contribution in [1.82, 2.24) is 4.57 Å². The molecule has 1 amide bonds. The second-order valence-electron chi connectivity index (χ2n) is 5.27. The minimum Gasteiger partial charge on any atom is -0.381 e. The molecule has 0 radical (unpaired) electrons. The highest BCUT2D eigenvalue weighted by Gasteiger charge is 2.11. The molecule has 0 saturated heterocycles. The molecule has 5 heteroatoms. The molecule has 1 aliphatic heterocycles. The summed E-state index contributed by atoms with van der Waals surface area (Å²) in [6.07, 6.45) is 5.63. The van der Waals surface area contributed by atoms with Crippen molar-refractivity contribution >= 4 is 23.4 Å². The van der Waals surface area contributed by atoms with E-state index in [4.69, 9.17) is 0 Å². The lowest BCUT2D eigenvalue weighted by Gasteiger charge is -2.17. The van der Waals surface area contributed by atoms with E-state index in [-0.39, 0.29) is 18.0 Å². The molecule has 0 aliphatic carbocycles. The monoisotopic (exact) mass is 295 g/mol. The van der Waals surface area contributed by atoms with Crippen molar-refractivity contribution in [3.8, 4) is 0 Å². The van der Waals surface area contributed by atoms with Gasteiger partial charge >= 0.3 is 0 Å². The summed E-state index contributed by atoms with van der Waals surface area (Å²) in [6, 6.07) is 9.04. The summed E-state index contributed by atoms with van der Waals surface area (Å²) in [5.41, 5.74) is 3.40. The number of pyridine rings is 1. The van der Waals surface area contributed by atoms with Gasteiger partial charge in [-0.1, -0.05) is 18.2 Å². The number of amides is 1. The second kappa shape index (κ2) is 5.89. The van der Waals surface area contributed by atoms with Gasteiger partial charge in [0, 0.05) is 30.1 Å². The fourth-order valence-corrected chi connectivity index (χ4v) is 2.44. The van der Waals surface area contributed by atoms with Gasteiger partial charge in [-0.25, -0.2) is 0 Å². The number of hydrogen-bond acceptors (Lipinski definition) is 3. The average molecular weight is 295 g/mol. The van der Waals surface area contributed by atoms with Crippen LogP contribution in [0.1, 0.15) is 11.1 Å². The van der Waals surface area contributed by atoms with E-state index in [2.05, 4.69) is 10.6 Å². The number of aryl methyl sites for hydroxylation is 1. The van der Waals surface area contributed by atoms with Gasteiger partial charge in [0.25, 0.3) is 5.56 Å². The average Bonchev–Trinajstić information content (AvgIpc) is 2.50. The van der Waals surface area contributed by atoms with Gasteiger partial charge in [0.2, 0.25) is 5.91 Å². The number of hydrogen-bond donors (Lipinski definition) is 2. The van der Waals surface area contributed by atoms with Gasteiger partial charge < -0.3 is 15.2 Å². The highest BCUT2D eigenvalue weighted by atomic mass is 16.2. The van der Waals surface area contributed by atoms with E-state index in [1.54, 1.807) is 6.20 Å². The normalized spacial score (nSPS) is 12.4. The van der Waals surface area contributed by atoms with Crippen molar-refractivity contribution in [2.75, 3.05) is 17.2 Å². The van der Waals surface area contributed by atoms with Crippen LogP contribution in [0.25, 0.3) is 6.08 Å².